The number of unbranched alkanes of at least 4 members (excludes halogenated alkanes) is 1. The van der Waals surface area contributed by atoms with E-state index in [2.05, 4.69) is 11.6 Å². The van der Waals surface area contributed by atoms with E-state index in [1.807, 2.05) is 6.92 Å². The number of methoxy groups -OCH3 is 1. The Kier molecular flexibility index (Phi) is 6.09. The van der Waals surface area contributed by atoms with Crippen molar-refractivity contribution in [1.29, 1.82) is 0 Å². The molecular weight excluding hydrogens is 326 g/mol. The van der Waals surface area contributed by atoms with E-state index in [1.54, 1.807) is 42.5 Å². The summed E-state index contributed by atoms with van der Waals surface area (Å²) in [4.78, 5) is 0.119. The first-order chi connectivity index (χ1) is 11.5. The van der Waals surface area contributed by atoms with Crippen molar-refractivity contribution in [1.82, 2.24) is 0 Å². The molecule has 0 radical (unpaired) electrons. The van der Waals surface area contributed by atoms with Crippen molar-refractivity contribution < 1.29 is 17.9 Å². The van der Waals surface area contributed by atoms with Crippen LogP contribution in [0.3, 0.4) is 0 Å². The molecule has 0 spiro atoms. The van der Waals surface area contributed by atoms with Crippen LogP contribution in [0.15, 0.2) is 47.4 Å². The number of hydrogen-bond acceptors (Lipinski definition) is 4. The highest BCUT2D eigenvalue weighted by molar-refractivity contribution is 7.92. The minimum Gasteiger partial charge on any atom is -0.495 e. The Labute approximate surface area is 143 Å². The predicted molar refractivity (Wildman–Crippen MR) is 95.4 cm³/mol. The number of benzene rings is 2. The van der Waals surface area contributed by atoms with Crippen LogP contribution < -0.4 is 14.2 Å². The lowest BCUT2D eigenvalue weighted by molar-refractivity contribution is 0.309. The summed E-state index contributed by atoms with van der Waals surface area (Å²) in [6, 6.07) is 11.9. The maximum absolute atomic E-state index is 12.6. The maximum Gasteiger partial charge on any atom is 0.265 e. The van der Waals surface area contributed by atoms with Crippen molar-refractivity contribution in [3.8, 4) is 11.5 Å². The highest BCUT2D eigenvalue weighted by Crippen LogP contribution is 2.27. The van der Waals surface area contributed by atoms with Gasteiger partial charge in [0.15, 0.2) is 0 Å². The molecule has 0 aliphatic rings. The molecule has 6 heteroatoms. The smallest absolute Gasteiger partial charge is 0.265 e. The quantitative estimate of drug-likeness (QED) is 0.732. The monoisotopic (exact) mass is 349 g/mol. The van der Waals surface area contributed by atoms with E-state index in [-0.39, 0.29) is 4.90 Å². The molecule has 0 amide bonds. The lowest BCUT2D eigenvalue weighted by Gasteiger charge is -2.13. The topological polar surface area (TPSA) is 64.6 Å². The molecule has 0 atom stereocenters. The van der Waals surface area contributed by atoms with E-state index >= 15 is 0 Å². The van der Waals surface area contributed by atoms with Crippen molar-refractivity contribution in [3.63, 3.8) is 0 Å². The highest BCUT2D eigenvalue weighted by atomic mass is 32.2. The van der Waals surface area contributed by atoms with Crippen LogP contribution in [0.2, 0.25) is 0 Å². The summed E-state index contributed by atoms with van der Waals surface area (Å²) in [5.41, 5.74) is 1.32. The molecule has 2 rings (SSSR count). The van der Waals surface area contributed by atoms with Crippen LogP contribution in [0, 0.1) is 6.92 Å². The fourth-order valence-corrected chi connectivity index (χ4v) is 3.47. The minimum absolute atomic E-state index is 0.119. The van der Waals surface area contributed by atoms with Crippen LogP contribution in [0.4, 0.5) is 5.69 Å². The third-order valence-corrected chi connectivity index (χ3v) is 4.88. The molecule has 2 aromatic carbocycles. The number of ether oxygens (including phenoxy) is 2. The first-order valence-electron chi connectivity index (χ1n) is 7.86. The van der Waals surface area contributed by atoms with Crippen molar-refractivity contribution in [2.24, 2.45) is 0 Å². The van der Waals surface area contributed by atoms with E-state index in [9.17, 15) is 8.42 Å². The second kappa shape index (κ2) is 8.06. The molecule has 0 saturated heterocycles. The minimum atomic E-state index is -3.73. The van der Waals surface area contributed by atoms with E-state index in [0.29, 0.717) is 18.0 Å². The number of anilines is 1. The Bertz CT molecular complexity index is 770. The highest BCUT2D eigenvalue weighted by Gasteiger charge is 2.19. The maximum atomic E-state index is 12.6. The SMILES string of the molecule is CCCCOc1ccc(NS(=O)(=O)c2cc(C)ccc2OC)cc1. The van der Waals surface area contributed by atoms with Gasteiger partial charge in [0, 0.05) is 5.69 Å². The zero-order valence-electron chi connectivity index (χ0n) is 14.2. The van der Waals surface area contributed by atoms with Gasteiger partial charge >= 0.3 is 0 Å². The lowest BCUT2D eigenvalue weighted by atomic mass is 10.2. The van der Waals surface area contributed by atoms with Crippen LogP contribution in [-0.4, -0.2) is 22.1 Å². The average Bonchev–Trinajstić information content (AvgIpc) is 2.56. The fraction of sp³-hybridized carbons (Fsp3) is 0.333. The Morgan fingerprint density at radius 3 is 2.42 bits per heavy atom. The summed E-state index contributed by atoms with van der Waals surface area (Å²) in [5.74, 6) is 1.03. The third kappa shape index (κ3) is 4.64. The van der Waals surface area contributed by atoms with Gasteiger partial charge in [-0.15, -0.1) is 0 Å². The summed E-state index contributed by atoms with van der Waals surface area (Å²) in [5, 5.41) is 0. The number of aryl methyl sites for hydroxylation is 1. The normalized spacial score (nSPS) is 11.1. The van der Waals surface area contributed by atoms with Gasteiger partial charge in [0.05, 0.1) is 13.7 Å². The van der Waals surface area contributed by atoms with Crippen LogP contribution in [0.5, 0.6) is 11.5 Å². The van der Waals surface area contributed by atoms with E-state index in [1.165, 1.54) is 7.11 Å². The first kappa shape index (κ1) is 18.1. The van der Waals surface area contributed by atoms with E-state index in [0.717, 1.165) is 24.2 Å². The Balaban J connectivity index is 2.16. The molecular formula is C18H23NO4S. The van der Waals surface area contributed by atoms with E-state index < -0.39 is 10.0 Å². The molecule has 0 heterocycles. The van der Waals surface area contributed by atoms with Gasteiger partial charge in [0.25, 0.3) is 10.0 Å². The van der Waals surface area contributed by atoms with Gasteiger partial charge in [-0.2, -0.15) is 0 Å². The van der Waals surface area contributed by atoms with Gasteiger partial charge in [-0.05, 0) is 55.3 Å². The molecule has 0 aromatic heterocycles. The molecule has 0 saturated carbocycles. The molecule has 0 unspecified atom stereocenters. The molecule has 0 aliphatic carbocycles. The Hall–Kier alpha value is -2.21. The van der Waals surface area contributed by atoms with Crippen LogP contribution in [-0.2, 0) is 10.0 Å². The number of nitrogens with one attached hydrogen (secondary N) is 1. The average molecular weight is 349 g/mol. The number of sulfonamides is 1. The Morgan fingerprint density at radius 2 is 1.79 bits per heavy atom. The van der Waals surface area contributed by atoms with Gasteiger partial charge in [0.1, 0.15) is 16.4 Å². The number of rotatable bonds is 8. The van der Waals surface area contributed by atoms with E-state index in [4.69, 9.17) is 9.47 Å². The van der Waals surface area contributed by atoms with Gasteiger partial charge < -0.3 is 9.47 Å². The lowest BCUT2D eigenvalue weighted by Crippen LogP contribution is -2.14. The van der Waals surface area contributed by atoms with Crippen molar-refractivity contribution in [3.05, 3.63) is 48.0 Å². The fourth-order valence-electron chi connectivity index (χ4n) is 2.16. The van der Waals surface area contributed by atoms with Crippen molar-refractivity contribution >= 4 is 15.7 Å². The second-order valence-corrected chi connectivity index (χ2v) is 7.14. The molecule has 0 aliphatic heterocycles. The van der Waals surface area contributed by atoms with Gasteiger partial charge in [-0.3, -0.25) is 4.72 Å². The second-order valence-electron chi connectivity index (χ2n) is 5.49. The van der Waals surface area contributed by atoms with Crippen molar-refractivity contribution in [2.45, 2.75) is 31.6 Å². The first-order valence-corrected chi connectivity index (χ1v) is 9.35. The molecule has 1 N–H and O–H groups in total. The van der Waals surface area contributed by atoms with Gasteiger partial charge in [0.2, 0.25) is 0 Å². The molecule has 24 heavy (non-hydrogen) atoms. The molecule has 5 nitrogen and oxygen atoms in total. The zero-order chi connectivity index (χ0) is 17.6. The largest absolute Gasteiger partial charge is 0.495 e. The molecule has 0 bridgehead atoms. The predicted octanol–water partition coefficient (Wildman–Crippen LogP) is 3.98. The standard InChI is InChI=1S/C18H23NO4S/c1-4-5-12-23-16-9-7-15(8-10-16)19-24(20,21)18-13-14(2)6-11-17(18)22-3/h6-11,13,19H,4-5,12H2,1-3H3. The van der Waals surface area contributed by atoms with Crippen LogP contribution >= 0.6 is 0 Å². The number of hydrogen-bond donors (Lipinski definition) is 1. The zero-order valence-corrected chi connectivity index (χ0v) is 15.0. The summed E-state index contributed by atoms with van der Waals surface area (Å²) in [6.07, 6.45) is 2.05. The summed E-state index contributed by atoms with van der Waals surface area (Å²) in [6.45, 7) is 4.59. The van der Waals surface area contributed by atoms with Crippen molar-refractivity contribution in [2.75, 3.05) is 18.4 Å². The van der Waals surface area contributed by atoms with Crippen LogP contribution in [0.1, 0.15) is 25.3 Å². The Morgan fingerprint density at radius 1 is 1.08 bits per heavy atom. The van der Waals surface area contributed by atoms with Gasteiger partial charge in [-0.1, -0.05) is 19.4 Å². The summed E-state index contributed by atoms with van der Waals surface area (Å²) < 4.78 is 38.5. The van der Waals surface area contributed by atoms with Crippen LogP contribution in [0.25, 0.3) is 0 Å². The molecule has 130 valence electrons. The van der Waals surface area contributed by atoms with Gasteiger partial charge in [-0.25, -0.2) is 8.42 Å². The molecule has 2 aromatic rings. The third-order valence-electron chi connectivity index (χ3n) is 3.48. The summed E-state index contributed by atoms with van der Waals surface area (Å²) in [7, 11) is -2.28. The summed E-state index contributed by atoms with van der Waals surface area (Å²) >= 11 is 0. The molecule has 0 fully saturated rings.